The maximum Gasteiger partial charge on any atom is 0.240 e. The lowest BCUT2D eigenvalue weighted by molar-refractivity contribution is -0.118. The molecule has 1 atom stereocenters. The van der Waals surface area contributed by atoms with Crippen LogP contribution in [-0.4, -0.2) is 48.0 Å². The van der Waals surface area contributed by atoms with Crippen LogP contribution in [0.5, 0.6) is 0 Å². The molecule has 1 aromatic rings. The number of piperazine rings is 1. The zero-order valence-corrected chi connectivity index (χ0v) is 12.2. The van der Waals surface area contributed by atoms with Gasteiger partial charge in [-0.1, -0.05) is 0 Å². The van der Waals surface area contributed by atoms with Crippen molar-refractivity contribution in [2.24, 2.45) is 0 Å². The van der Waals surface area contributed by atoms with Gasteiger partial charge in [0.25, 0.3) is 0 Å². The van der Waals surface area contributed by atoms with Crippen molar-refractivity contribution in [2.75, 3.05) is 31.5 Å². The van der Waals surface area contributed by atoms with Gasteiger partial charge in [-0.05, 0) is 13.8 Å². The number of carbonyl (C=O) groups excluding carboxylic acids is 1. The number of thiazole rings is 1. The highest BCUT2D eigenvalue weighted by atomic mass is 35.5. The number of hydrogen-bond donors (Lipinski definition) is 2. The molecule has 1 amide bonds. The van der Waals surface area contributed by atoms with Gasteiger partial charge in [0.1, 0.15) is 0 Å². The van der Waals surface area contributed by atoms with Crippen LogP contribution >= 0.6 is 23.7 Å². The van der Waals surface area contributed by atoms with Crippen molar-refractivity contribution < 1.29 is 4.79 Å². The second-order valence-electron chi connectivity index (χ2n) is 4.37. The lowest BCUT2D eigenvalue weighted by Gasteiger charge is -2.33. The first kappa shape index (κ1) is 15.4. The molecule has 2 N–H and O–H groups in total. The number of halogens is 1. The summed E-state index contributed by atoms with van der Waals surface area (Å²) in [5, 5.41) is 8.77. The Balaban J connectivity index is 0.00000162. The van der Waals surface area contributed by atoms with Gasteiger partial charge >= 0.3 is 0 Å². The maximum absolute atomic E-state index is 11.8. The lowest BCUT2D eigenvalue weighted by atomic mass is 10.2. The lowest BCUT2D eigenvalue weighted by Crippen LogP contribution is -2.51. The quantitative estimate of drug-likeness (QED) is 0.875. The number of carbonyl (C=O) groups is 1. The molecule has 1 fully saturated rings. The molecule has 0 spiro atoms. The average Bonchev–Trinajstić information content (AvgIpc) is 2.67. The fraction of sp³-hybridized carbons (Fsp3) is 0.636. The van der Waals surface area contributed by atoms with Crippen LogP contribution in [-0.2, 0) is 4.79 Å². The van der Waals surface area contributed by atoms with Crippen molar-refractivity contribution in [3.05, 3.63) is 11.1 Å². The minimum atomic E-state index is 0. The normalized spacial score (nSPS) is 20.2. The zero-order chi connectivity index (χ0) is 12.3. The highest BCUT2D eigenvalue weighted by Crippen LogP contribution is 2.14. The number of hydrogen-bond acceptors (Lipinski definition) is 5. The maximum atomic E-state index is 11.8. The number of rotatable bonds is 3. The van der Waals surface area contributed by atoms with Crippen molar-refractivity contribution >= 4 is 34.8 Å². The number of nitrogens with one attached hydrogen (secondary N) is 2. The topological polar surface area (TPSA) is 57.3 Å². The molecule has 2 rings (SSSR count). The van der Waals surface area contributed by atoms with Gasteiger partial charge in [0.2, 0.25) is 5.91 Å². The van der Waals surface area contributed by atoms with Crippen LogP contribution in [0.3, 0.4) is 0 Å². The Hall–Kier alpha value is -0.690. The third-order valence-corrected chi connectivity index (χ3v) is 3.73. The molecule has 1 aromatic heterocycles. The predicted octanol–water partition coefficient (Wildman–Crippen LogP) is 1.11. The summed E-state index contributed by atoms with van der Waals surface area (Å²) in [6.07, 6.45) is 0. The Bertz CT molecular complexity index is 398. The van der Waals surface area contributed by atoms with Gasteiger partial charge in [0.15, 0.2) is 5.13 Å². The molecule has 102 valence electrons. The predicted molar refractivity (Wildman–Crippen MR) is 76.6 cm³/mol. The summed E-state index contributed by atoms with van der Waals surface area (Å²) in [4.78, 5) is 18.2. The molecule has 1 saturated heterocycles. The number of amides is 1. The van der Waals surface area contributed by atoms with E-state index in [0.717, 1.165) is 25.3 Å². The zero-order valence-electron chi connectivity index (χ0n) is 10.6. The highest BCUT2D eigenvalue weighted by molar-refractivity contribution is 7.13. The number of aromatic nitrogens is 1. The molecule has 5 nitrogen and oxygen atoms in total. The largest absolute Gasteiger partial charge is 0.314 e. The van der Waals surface area contributed by atoms with E-state index in [1.165, 1.54) is 11.3 Å². The summed E-state index contributed by atoms with van der Waals surface area (Å²) in [6, 6.07) is 0.410. The van der Waals surface area contributed by atoms with E-state index in [2.05, 4.69) is 27.4 Å². The molecule has 1 aliphatic heterocycles. The summed E-state index contributed by atoms with van der Waals surface area (Å²) >= 11 is 1.47. The van der Waals surface area contributed by atoms with E-state index in [4.69, 9.17) is 0 Å². The minimum Gasteiger partial charge on any atom is -0.314 e. The minimum absolute atomic E-state index is 0. The van der Waals surface area contributed by atoms with E-state index in [1.54, 1.807) is 0 Å². The van der Waals surface area contributed by atoms with Crippen molar-refractivity contribution in [3.63, 3.8) is 0 Å². The molecule has 0 radical (unpaired) electrons. The van der Waals surface area contributed by atoms with Crippen LogP contribution < -0.4 is 10.6 Å². The van der Waals surface area contributed by atoms with Gasteiger partial charge in [0, 0.05) is 31.1 Å². The van der Waals surface area contributed by atoms with E-state index in [1.807, 2.05) is 12.3 Å². The van der Waals surface area contributed by atoms with Gasteiger partial charge in [-0.3, -0.25) is 9.69 Å². The first-order chi connectivity index (χ1) is 8.15. The molecular formula is C11H19ClN4OS. The van der Waals surface area contributed by atoms with Gasteiger partial charge in [-0.15, -0.1) is 23.7 Å². The molecule has 0 bridgehead atoms. The molecule has 0 aliphatic carbocycles. The third kappa shape index (κ3) is 4.20. The smallest absolute Gasteiger partial charge is 0.240 e. The molecule has 7 heteroatoms. The van der Waals surface area contributed by atoms with Crippen molar-refractivity contribution in [1.82, 2.24) is 15.2 Å². The molecule has 18 heavy (non-hydrogen) atoms. The van der Waals surface area contributed by atoms with Crippen LogP contribution in [0, 0.1) is 6.92 Å². The Morgan fingerprint density at radius 3 is 3.11 bits per heavy atom. The fourth-order valence-electron chi connectivity index (χ4n) is 1.87. The van der Waals surface area contributed by atoms with Crippen molar-refractivity contribution in [2.45, 2.75) is 19.9 Å². The van der Waals surface area contributed by atoms with E-state index < -0.39 is 0 Å². The van der Waals surface area contributed by atoms with Crippen molar-refractivity contribution in [1.29, 1.82) is 0 Å². The highest BCUT2D eigenvalue weighted by Gasteiger charge is 2.20. The summed E-state index contributed by atoms with van der Waals surface area (Å²) in [5.74, 6) is 0.0214. The van der Waals surface area contributed by atoms with E-state index >= 15 is 0 Å². The van der Waals surface area contributed by atoms with Gasteiger partial charge in [-0.25, -0.2) is 4.98 Å². The summed E-state index contributed by atoms with van der Waals surface area (Å²) in [6.45, 7) is 7.32. The Morgan fingerprint density at radius 2 is 2.50 bits per heavy atom. The molecule has 0 saturated carbocycles. The number of anilines is 1. The van der Waals surface area contributed by atoms with E-state index in [0.29, 0.717) is 17.7 Å². The first-order valence-electron chi connectivity index (χ1n) is 5.82. The second kappa shape index (κ2) is 7.04. The van der Waals surface area contributed by atoms with Gasteiger partial charge in [-0.2, -0.15) is 0 Å². The Morgan fingerprint density at radius 1 is 1.72 bits per heavy atom. The molecule has 0 aromatic carbocycles. The molecule has 0 unspecified atom stereocenters. The molecule has 2 heterocycles. The van der Waals surface area contributed by atoms with Crippen LogP contribution in [0.1, 0.15) is 12.6 Å². The van der Waals surface area contributed by atoms with Crippen molar-refractivity contribution in [3.8, 4) is 0 Å². The van der Waals surface area contributed by atoms with Crippen LogP contribution in [0.4, 0.5) is 5.13 Å². The Kier molecular flexibility index (Phi) is 6.01. The summed E-state index contributed by atoms with van der Waals surface area (Å²) in [5.41, 5.74) is 0.945. The van der Waals surface area contributed by atoms with Crippen LogP contribution in [0.2, 0.25) is 0 Å². The Labute approximate surface area is 117 Å². The summed E-state index contributed by atoms with van der Waals surface area (Å²) in [7, 11) is 0. The fourth-order valence-corrected chi connectivity index (χ4v) is 2.58. The first-order valence-corrected chi connectivity index (χ1v) is 6.70. The molecule has 1 aliphatic rings. The van der Waals surface area contributed by atoms with E-state index in [9.17, 15) is 4.79 Å². The SMILES string of the molecule is Cc1csc(NC(=O)CN2CCNC[C@H]2C)n1.Cl. The monoisotopic (exact) mass is 290 g/mol. The second-order valence-corrected chi connectivity index (χ2v) is 5.22. The number of aryl methyl sites for hydroxylation is 1. The standard InChI is InChI=1S/C11H18N4OS.ClH/c1-8-7-17-11(13-8)14-10(16)6-15-4-3-12-5-9(15)2;/h7,9,12H,3-6H2,1-2H3,(H,13,14,16);1H/t9-;/m1./s1. The van der Waals surface area contributed by atoms with E-state index in [-0.39, 0.29) is 18.3 Å². The molecular weight excluding hydrogens is 272 g/mol. The van der Waals surface area contributed by atoms with Gasteiger partial charge < -0.3 is 10.6 Å². The van der Waals surface area contributed by atoms with Gasteiger partial charge in [0.05, 0.1) is 12.2 Å². The van der Waals surface area contributed by atoms with Crippen LogP contribution in [0.25, 0.3) is 0 Å². The summed E-state index contributed by atoms with van der Waals surface area (Å²) < 4.78 is 0. The average molecular weight is 291 g/mol. The third-order valence-electron chi connectivity index (χ3n) is 2.85. The van der Waals surface area contributed by atoms with Crippen LogP contribution in [0.15, 0.2) is 5.38 Å². The number of nitrogens with zero attached hydrogens (tertiary/aromatic N) is 2.